The van der Waals surface area contributed by atoms with Crippen molar-refractivity contribution in [3.63, 3.8) is 0 Å². The van der Waals surface area contributed by atoms with Crippen LogP contribution in [0.5, 0.6) is 0 Å². The number of hydrogen-bond donors (Lipinski definition) is 3. The molecular weight excluding hydrogens is 1020 g/mol. The standard InChI is InChI=1S/C77H149NO5/c1-3-5-7-9-11-13-15-17-19-21-35-38-41-45-49-53-57-61-65-69-75(80)74(73-79)78-76(81)70-66-62-58-54-50-46-42-39-36-33-31-29-27-25-23-22-24-26-28-30-32-34-37-40-44-48-52-56-60-64-68-72-83-77(82)71-67-63-59-55-51-47-43-20-18-16-14-12-10-8-6-4-2/h24,26,30,32,74-75,79-80H,3-23,25,27-29,31,33-73H2,1-2H3,(H,78,81)/b26-24-,32-30-. The fourth-order valence-corrected chi connectivity index (χ4v) is 12.2. The molecule has 0 saturated carbocycles. The Morgan fingerprint density at radius 3 is 0.916 bits per heavy atom. The second-order valence-electron chi connectivity index (χ2n) is 26.3. The highest BCUT2D eigenvalue weighted by Gasteiger charge is 2.20. The second-order valence-corrected chi connectivity index (χ2v) is 26.3. The van der Waals surface area contributed by atoms with Gasteiger partial charge in [0.1, 0.15) is 0 Å². The molecule has 0 aromatic rings. The van der Waals surface area contributed by atoms with E-state index in [9.17, 15) is 19.8 Å². The smallest absolute Gasteiger partial charge is 0.305 e. The maximum Gasteiger partial charge on any atom is 0.305 e. The minimum Gasteiger partial charge on any atom is -0.466 e. The Morgan fingerprint density at radius 1 is 0.337 bits per heavy atom. The molecule has 6 heteroatoms. The first kappa shape index (κ1) is 81.3. The number of ether oxygens (including phenoxy) is 1. The first-order valence-corrected chi connectivity index (χ1v) is 38.1. The highest BCUT2D eigenvalue weighted by molar-refractivity contribution is 5.76. The monoisotopic (exact) mass is 1170 g/mol. The molecule has 0 aromatic heterocycles. The van der Waals surface area contributed by atoms with Gasteiger partial charge in [0.15, 0.2) is 0 Å². The average Bonchev–Trinajstić information content (AvgIpc) is 3.49. The summed E-state index contributed by atoms with van der Waals surface area (Å²) in [5.41, 5.74) is 0. The van der Waals surface area contributed by atoms with Crippen LogP contribution in [0.1, 0.15) is 431 Å². The number of carbonyl (C=O) groups excluding carboxylic acids is 2. The van der Waals surface area contributed by atoms with Crippen LogP contribution in [0.25, 0.3) is 0 Å². The lowest BCUT2D eigenvalue weighted by Crippen LogP contribution is -2.45. The number of amides is 1. The van der Waals surface area contributed by atoms with Crippen molar-refractivity contribution >= 4 is 11.9 Å². The van der Waals surface area contributed by atoms with Crippen LogP contribution >= 0.6 is 0 Å². The molecule has 6 nitrogen and oxygen atoms in total. The molecule has 0 fully saturated rings. The van der Waals surface area contributed by atoms with Crippen LogP contribution in [0.3, 0.4) is 0 Å². The van der Waals surface area contributed by atoms with Crippen molar-refractivity contribution in [2.45, 2.75) is 443 Å². The molecule has 0 aliphatic carbocycles. The molecule has 0 radical (unpaired) electrons. The third kappa shape index (κ3) is 69.3. The molecule has 0 bridgehead atoms. The predicted molar refractivity (Wildman–Crippen MR) is 366 cm³/mol. The maximum absolute atomic E-state index is 12.5. The average molecular weight is 1170 g/mol. The Hall–Kier alpha value is -1.66. The van der Waals surface area contributed by atoms with Gasteiger partial charge in [0.2, 0.25) is 5.91 Å². The predicted octanol–water partition coefficient (Wildman–Crippen LogP) is 24.9. The minimum absolute atomic E-state index is 0.0176. The quantitative estimate of drug-likeness (QED) is 0.0320. The fraction of sp³-hybridized carbons (Fsp3) is 0.922. The van der Waals surface area contributed by atoms with E-state index in [0.29, 0.717) is 25.9 Å². The van der Waals surface area contributed by atoms with E-state index in [4.69, 9.17) is 4.74 Å². The lowest BCUT2D eigenvalue weighted by Gasteiger charge is -2.22. The Balaban J connectivity index is 3.38. The highest BCUT2D eigenvalue weighted by Crippen LogP contribution is 2.20. The van der Waals surface area contributed by atoms with Gasteiger partial charge in [-0.05, 0) is 57.8 Å². The first-order valence-electron chi connectivity index (χ1n) is 38.1. The van der Waals surface area contributed by atoms with Crippen LogP contribution in [0, 0.1) is 0 Å². The third-order valence-corrected chi connectivity index (χ3v) is 18.0. The summed E-state index contributed by atoms with van der Waals surface area (Å²) < 4.78 is 5.50. The molecule has 0 aliphatic heterocycles. The zero-order chi connectivity index (χ0) is 59.9. The van der Waals surface area contributed by atoms with Crippen LogP contribution in [0.2, 0.25) is 0 Å². The Morgan fingerprint density at radius 2 is 0.602 bits per heavy atom. The van der Waals surface area contributed by atoms with Gasteiger partial charge in [-0.25, -0.2) is 0 Å². The van der Waals surface area contributed by atoms with Gasteiger partial charge >= 0.3 is 5.97 Å². The largest absolute Gasteiger partial charge is 0.466 e. The number of esters is 1. The highest BCUT2D eigenvalue weighted by atomic mass is 16.5. The van der Waals surface area contributed by atoms with E-state index in [0.717, 1.165) is 44.9 Å². The minimum atomic E-state index is -0.664. The fourth-order valence-electron chi connectivity index (χ4n) is 12.2. The van der Waals surface area contributed by atoms with Crippen LogP contribution < -0.4 is 5.32 Å². The number of nitrogens with one attached hydrogen (secondary N) is 1. The molecule has 0 saturated heterocycles. The van der Waals surface area contributed by atoms with Crippen LogP contribution in [0.15, 0.2) is 24.3 Å². The van der Waals surface area contributed by atoms with E-state index in [1.807, 2.05) is 0 Å². The molecule has 0 spiro atoms. The van der Waals surface area contributed by atoms with E-state index in [1.165, 1.54) is 353 Å². The van der Waals surface area contributed by atoms with E-state index in [1.54, 1.807) is 0 Å². The molecule has 0 rings (SSSR count). The van der Waals surface area contributed by atoms with Crippen molar-refractivity contribution in [2.24, 2.45) is 0 Å². The van der Waals surface area contributed by atoms with Crippen LogP contribution in [-0.2, 0) is 14.3 Å². The first-order chi connectivity index (χ1) is 41.0. The summed E-state index contributed by atoms with van der Waals surface area (Å²) in [6.45, 7) is 5.00. The summed E-state index contributed by atoms with van der Waals surface area (Å²) in [6.07, 6.45) is 92.5. The number of allylic oxidation sites excluding steroid dienone is 4. The van der Waals surface area contributed by atoms with E-state index in [-0.39, 0.29) is 18.5 Å². The van der Waals surface area contributed by atoms with Gasteiger partial charge in [0.25, 0.3) is 0 Å². The molecule has 3 N–H and O–H groups in total. The maximum atomic E-state index is 12.5. The molecule has 0 heterocycles. The second kappa shape index (κ2) is 72.8. The van der Waals surface area contributed by atoms with Gasteiger partial charge in [-0.3, -0.25) is 9.59 Å². The topological polar surface area (TPSA) is 95.9 Å². The summed E-state index contributed by atoms with van der Waals surface area (Å²) in [5.74, 6) is -0.0122. The Kier molecular flexibility index (Phi) is 71.4. The van der Waals surface area contributed by atoms with Crippen LogP contribution in [0.4, 0.5) is 0 Å². The molecule has 2 atom stereocenters. The van der Waals surface area contributed by atoms with Gasteiger partial charge in [0.05, 0.1) is 25.4 Å². The van der Waals surface area contributed by atoms with Gasteiger partial charge in [-0.2, -0.15) is 0 Å². The van der Waals surface area contributed by atoms with Crippen molar-refractivity contribution in [3.05, 3.63) is 24.3 Å². The summed E-state index contributed by atoms with van der Waals surface area (Å²) in [6, 6.07) is -0.542. The molecule has 0 aromatic carbocycles. The summed E-state index contributed by atoms with van der Waals surface area (Å²) >= 11 is 0. The number of aliphatic hydroxyl groups is 2. The molecular formula is C77H149NO5. The van der Waals surface area contributed by atoms with Crippen molar-refractivity contribution in [1.82, 2.24) is 5.32 Å². The van der Waals surface area contributed by atoms with Crippen molar-refractivity contribution in [2.75, 3.05) is 13.2 Å². The van der Waals surface area contributed by atoms with E-state index in [2.05, 4.69) is 43.5 Å². The Labute approximate surface area is 520 Å². The lowest BCUT2D eigenvalue weighted by atomic mass is 10.0. The van der Waals surface area contributed by atoms with Gasteiger partial charge < -0.3 is 20.3 Å². The Bertz CT molecular complexity index is 1300. The number of hydrogen-bond acceptors (Lipinski definition) is 5. The summed E-state index contributed by atoms with van der Waals surface area (Å²) in [5, 5.41) is 23.4. The molecule has 83 heavy (non-hydrogen) atoms. The number of rotatable bonds is 72. The third-order valence-electron chi connectivity index (χ3n) is 18.0. The summed E-state index contributed by atoms with van der Waals surface area (Å²) in [7, 11) is 0. The SMILES string of the molecule is CCCCCCCCCCCCCCCCCCCCCC(O)C(CO)NC(=O)CCCCCCCCCCCCCCCCC/C=C\C/C=C\CCCCCCCCCCCOC(=O)CCCCCCCCCCCCCCCCCC. The van der Waals surface area contributed by atoms with E-state index >= 15 is 0 Å². The van der Waals surface area contributed by atoms with Crippen molar-refractivity contribution in [1.29, 1.82) is 0 Å². The normalized spacial score (nSPS) is 12.6. The molecule has 492 valence electrons. The number of unbranched alkanes of at least 4 members (excludes halogenated alkanes) is 57. The summed E-state index contributed by atoms with van der Waals surface area (Å²) in [4.78, 5) is 24.6. The van der Waals surface area contributed by atoms with Crippen LogP contribution in [-0.4, -0.2) is 47.4 Å². The van der Waals surface area contributed by atoms with E-state index < -0.39 is 12.1 Å². The van der Waals surface area contributed by atoms with Crippen molar-refractivity contribution < 1.29 is 24.5 Å². The number of aliphatic hydroxyl groups excluding tert-OH is 2. The zero-order valence-corrected chi connectivity index (χ0v) is 56.5. The zero-order valence-electron chi connectivity index (χ0n) is 56.5. The molecule has 1 amide bonds. The van der Waals surface area contributed by atoms with Gasteiger partial charge in [-0.15, -0.1) is 0 Å². The molecule has 2 unspecified atom stereocenters. The van der Waals surface area contributed by atoms with Gasteiger partial charge in [0, 0.05) is 12.8 Å². The molecule has 0 aliphatic rings. The lowest BCUT2D eigenvalue weighted by molar-refractivity contribution is -0.143. The number of carbonyl (C=O) groups is 2. The van der Waals surface area contributed by atoms with Crippen molar-refractivity contribution in [3.8, 4) is 0 Å². The van der Waals surface area contributed by atoms with Gasteiger partial charge in [-0.1, -0.05) is 385 Å².